The van der Waals surface area contributed by atoms with Crippen molar-refractivity contribution in [3.8, 4) is 11.5 Å². The number of thioether (sulfide) groups is 1. The lowest BCUT2D eigenvalue weighted by molar-refractivity contribution is -0.114. The summed E-state index contributed by atoms with van der Waals surface area (Å²) in [5, 5.41) is 10.9. The molecule has 0 unspecified atom stereocenters. The van der Waals surface area contributed by atoms with Gasteiger partial charge in [0.2, 0.25) is 11.0 Å². The van der Waals surface area contributed by atoms with Gasteiger partial charge in [0.15, 0.2) is 15.8 Å². The molecule has 0 aliphatic heterocycles. The first kappa shape index (κ1) is 23.8. The molecule has 1 amide bonds. The van der Waals surface area contributed by atoms with Crippen LogP contribution in [0, 0.1) is 0 Å². The highest BCUT2D eigenvalue weighted by Crippen LogP contribution is 2.32. The van der Waals surface area contributed by atoms with Crippen molar-refractivity contribution in [1.29, 1.82) is 0 Å². The average molecular weight is 495 g/mol. The van der Waals surface area contributed by atoms with E-state index in [0.29, 0.717) is 16.6 Å². The van der Waals surface area contributed by atoms with Crippen molar-refractivity contribution < 1.29 is 22.7 Å². The van der Waals surface area contributed by atoms with E-state index in [4.69, 9.17) is 9.47 Å². The number of hydrogen-bond donors (Lipinski definition) is 1. The molecular formula is C20H22N4O5S3. The van der Waals surface area contributed by atoms with Crippen LogP contribution in [0.4, 0.5) is 10.8 Å². The number of sulfonamides is 1. The molecular weight excluding hydrogens is 472 g/mol. The Kier molecular flexibility index (Phi) is 7.94. The van der Waals surface area contributed by atoms with Crippen LogP contribution in [0.1, 0.15) is 6.92 Å². The van der Waals surface area contributed by atoms with Gasteiger partial charge in [0, 0.05) is 6.07 Å². The fraction of sp³-hybridized carbons (Fsp3) is 0.250. The van der Waals surface area contributed by atoms with Gasteiger partial charge in [0.25, 0.3) is 10.0 Å². The van der Waals surface area contributed by atoms with E-state index in [2.05, 4.69) is 15.5 Å². The smallest absolute Gasteiger partial charge is 0.264 e. The molecule has 0 spiro atoms. The number of anilines is 2. The summed E-state index contributed by atoms with van der Waals surface area (Å²) in [6, 6.07) is 12.7. The molecule has 3 rings (SSSR count). The predicted molar refractivity (Wildman–Crippen MR) is 125 cm³/mol. The molecule has 0 radical (unpaired) electrons. The molecule has 0 saturated carbocycles. The van der Waals surface area contributed by atoms with Gasteiger partial charge < -0.3 is 9.47 Å². The zero-order valence-electron chi connectivity index (χ0n) is 17.6. The van der Waals surface area contributed by atoms with E-state index >= 15 is 0 Å². The molecule has 170 valence electrons. The molecule has 1 N–H and O–H groups in total. The number of methoxy groups -OCH3 is 2. The second-order valence-corrected chi connectivity index (χ2v) is 10.6. The number of nitrogens with one attached hydrogen (secondary N) is 1. The molecule has 1 heterocycles. The van der Waals surface area contributed by atoms with Crippen molar-refractivity contribution in [3.63, 3.8) is 0 Å². The van der Waals surface area contributed by atoms with Gasteiger partial charge in [-0.1, -0.05) is 48.2 Å². The van der Waals surface area contributed by atoms with Gasteiger partial charge in [-0.25, -0.2) is 8.42 Å². The maximum absolute atomic E-state index is 13.5. The number of aromatic nitrogens is 2. The van der Waals surface area contributed by atoms with Gasteiger partial charge in [0.05, 0.1) is 24.8 Å². The Labute approximate surface area is 194 Å². The SMILES string of the molecule is CCSc1nnc(NC(=O)CN(c2ccccc2)S(=O)(=O)c2ccc(OC)c(OC)c2)s1. The van der Waals surface area contributed by atoms with Crippen LogP contribution in [0.3, 0.4) is 0 Å². The van der Waals surface area contributed by atoms with E-state index < -0.39 is 22.5 Å². The van der Waals surface area contributed by atoms with Crippen LogP contribution in [0.2, 0.25) is 0 Å². The second-order valence-electron chi connectivity index (χ2n) is 6.22. The number of amides is 1. The monoisotopic (exact) mass is 494 g/mol. The maximum Gasteiger partial charge on any atom is 0.264 e. The summed E-state index contributed by atoms with van der Waals surface area (Å²) in [4.78, 5) is 12.7. The summed E-state index contributed by atoms with van der Waals surface area (Å²) in [7, 11) is -1.22. The minimum Gasteiger partial charge on any atom is -0.493 e. The number of nitrogens with zero attached hydrogens (tertiary/aromatic N) is 3. The van der Waals surface area contributed by atoms with E-state index in [1.54, 1.807) is 30.3 Å². The third-order valence-corrected chi connectivity index (χ3v) is 7.82. The molecule has 3 aromatic rings. The summed E-state index contributed by atoms with van der Waals surface area (Å²) in [5.41, 5.74) is 0.344. The molecule has 0 fully saturated rings. The Hall–Kier alpha value is -2.83. The number of carbonyl (C=O) groups excluding carboxylic acids is 1. The van der Waals surface area contributed by atoms with Crippen LogP contribution in [0.25, 0.3) is 0 Å². The molecule has 0 atom stereocenters. The summed E-state index contributed by atoms with van der Waals surface area (Å²) >= 11 is 2.74. The summed E-state index contributed by atoms with van der Waals surface area (Å²) in [6.45, 7) is 1.54. The minimum atomic E-state index is -4.10. The minimum absolute atomic E-state index is 0.0376. The lowest BCUT2D eigenvalue weighted by atomic mass is 10.3. The number of para-hydroxylation sites is 1. The molecule has 9 nitrogen and oxygen atoms in total. The lowest BCUT2D eigenvalue weighted by Gasteiger charge is -2.24. The molecule has 0 aliphatic rings. The first-order valence-corrected chi connectivity index (χ1v) is 12.7. The highest BCUT2D eigenvalue weighted by Gasteiger charge is 2.28. The van der Waals surface area contributed by atoms with Crippen LogP contribution < -0.4 is 19.1 Å². The van der Waals surface area contributed by atoms with Crippen molar-refractivity contribution in [2.75, 3.05) is 36.1 Å². The average Bonchev–Trinajstić information content (AvgIpc) is 3.24. The molecule has 2 aromatic carbocycles. The Morgan fingerprint density at radius 2 is 1.81 bits per heavy atom. The fourth-order valence-corrected chi connectivity index (χ4v) is 5.85. The normalized spacial score (nSPS) is 11.1. The number of hydrogen-bond acceptors (Lipinski definition) is 9. The molecule has 12 heteroatoms. The largest absolute Gasteiger partial charge is 0.493 e. The lowest BCUT2D eigenvalue weighted by Crippen LogP contribution is -2.38. The van der Waals surface area contributed by atoms with Crippen molar-refractivity contribution >= 4 is 49.8 Å². The summed E-state index contributed by atoms with van der Waals surface area (Å²) < 4.78 is 39.2. The van der Waals surface area contributed by atoms with Crippen LogP contribution in [-0.2, 0) is 14.8 Å². The van der Waals surface area contributed by atoms with Crippen molar-refractivity contribution in [1.82, 2.24) is 10.2 Å². The van der Waals surface area contributed by atoms with Crippen molar-refractivity contribution in [3.05, 3.63) is 48.5 Å². The van der Waals surface area contributed by atoms with Gasteiger partial charge in [-0.05, 0) is 30.0 Å². The first-order valence-electron chi connectivity index (χ1n) is 9.45. The summed E-state index contributed by atoms with van der Waals surface area (Å²) in [6.07, 6.45) is 0. The van der Waals surface area contributed by atoms with Crippen LogP contribution in [-0.4, -0.2) is 51.0 Å². The predicted octanol–water partition coefficient (Wildman–Crippen LogP) is 3.50. The zero-order valence-corrected chi connectivity index (χ0v) is 20.1. The van der Waals surface area contributed by atoms with Crippen LogP contribution in [0.15, 0.2) is 57.8 Å². The number of carbonyl (C=O) groups is 1. The maximum atomic E-state index is 13.5. The van der Waals surface area contributed by atoms with E-state index in [9.17, 15) is 13.2 Å². The van der Waals surface area contributed by atoms with Crippen LogP contribution in [0.5, 0.6) is 11.5 Å². The van der Waals surface area contributed by atoms with Gasteiger partial charge in [-0.3, -0.25) is 14.4 Å². The third kappa shape index (κ3) is 5.50. The van der Waals surface area contributed by atoms with Gasteiger partial charge in [-0.15, -0.1) is 10.2 Å². The number of ether oxygens (including phenoxy) is 2. The zero-order chi connectivity index (χ0) is 23.1. The van der Waals surface area contributed by atoms with E-state index in [1.807, 2.05) is 6.92 Å². The molecule has 0 aliphatic carbocycles. The number of benzene rings is 2. The van der Waals surface area contributed by atoms with E-state index in [0.717, 1.165) is 14.4 Å². The van der Waals surface area contributed by atoms with E-state index in [1.165, 1.54) is 55.5 Å². The quantitative estimate of drug-likeness (QED) is 0.337. The topological polar surface area (TPSA) is 111 Å². The Bertz CT molecular complexity index is 1170. The Morgan fingerprint density at radius 3 is 2.47 bits per heavy atom. The van der Waals surface area contributed by atoms with Crippen molar-refractivity contribution in [2.24, 2.45) is 0 Å². The second kappa shape index (κ2) is 10.7. The van der Waals surface area contributed by atoms with Gasteiger partial charge in [-0.2, -0.15) is 0 Å². The molecule has 0 bridgehead atoms. The van der Waals surface area contributed by atoms with Gasteiger partial charge >= 0.3 is 0 Å². The summed E-state index contributed by atoms with van der Waals surface area (Å²) in [5.74, 6) is 0.948. The van der Waals surface area contributed by atoms with Crippen molar-refractivity contribution in [2.45, 2.75) is 16.2 Å². The molecule has 0 saturated heterocycles. The highest BCUT2D eigenvalue weighted by molar-refractivity contribution is 8.01. The first-order chi connectivity index (χ1) is 15.4. The van der Waals surface area contributed by atoms with Crippen LogP contribution >= 0.6 is 23.1 Å². The fourth-order valence-electron chi connectivity index (χ4n) is 2.74. The Morgan fingerprint density at radius 1 is 1.09 bits per heavy atom. The highest BCUT2D eigenvalue weighted by atomic mass is 32.2. The van der Waals surface area contributed by atoms with Gasteiger partial charge in [0.1, 0.15) is 6.54 Å². The Balaban J connectivity index is 1.91. The molecule has 32 heavy (non-hydrogen) atoms. The third-order valence-electron chi connectivity index (χ3n) is 4.20. The number of rotatable bonds is 10. The molecule has 1 aromatic heterocycles. The van der Waals surface area contributed by atoms with E-state index in [-0.39, 0.29) is 10.6 Å². The standard InChI is InChI=1S/C20H22N4O5S3/c1-4-30-20-23-22-19(31-20)21-18(25)13-24(14-8-6-5-7-9-14)32(26,27)15-10-11-16(28-2)17(12-15)29-3/h5-12H,4,13H2,1-3H3,(H,21,22,25).